The van der Waals surface area contributed by atoms with Crippen molar-refractivity contribution in [3.8, 4) is 0 Å². The smallest absolute Gasteiger partial charge is 0.269 e. The summed E-state index contributed by atoms with van der Waals surface area (Å²) in [6.45, 7) is 0.300. The molecule has 2 rings (SSSR count). The van der Waals surface area contributed by atoms with Gasteiger partial charge in [0.1, 0.15) is 23.5 Å². The summed E-state index contributed by atoms with van der Waals surface area (Å²) in [5, 5.41) is 12.4. The molecule has 78 valence electrons. The molecule has 0 aliphatic rings. The van der Waals surface area contributed by atoms with E-state index in [2.05, 4.69) is 25.2 Å². The zero-order valence-corrected chi connectivity index (χ0v) is 7.73. The molecule has 2 aromatic rings. The molecular weight excluding hydrogens is 198 g/mol. The molecular formula is C8H9N5O2. The van der Waals surface area contributed by atoms with Crippen molar-refractivity contribution in [3.05, 3.63) is 29.8 Å². The minimum absolute atomic E-state index is 0.279. The van der Waals surface area contributed by atoms with Gasteiger partial charge in [-0.1, -0.05) is 5.16 Å². The quantitative estimate of drug-likeness (QED) is 0.651. The van der Waals surface area contributed by atoms with Crippen LogP contribution in [0.4, 0.5) is 5.82 Å². The Hall–Kier alpha value is -2.31. The third kappa shape index (κ3) is 2.13. The Bertz CT molecular complexity index is 447. The van der Waals surface area contributed by atoms with E-state index in [4.69, 9.17) is 5.73 Å². The molecule has 0 spiro atoms. The zero-order valence-electron chi connectivity index (χ0n) is 7.73. The summed E-state index contributed by atoms with van der Waals surface area (Å²) in [5.74, 6) is -0.0104. The predicted molar refractivity (Wildman–Crippen MR) is 50.7 cm³/mol. The topological polar surface area (TPSA) is 110 Å². The van der Waals surface area contributed by atoms with Crippen molar-refractivity contribution in [1.29, 1.82) is 0 Å². The number of amides is 1. The number of hydrogen-bond donors (Lipinski definition) is 3. The molecule has 0 aliphatic carbocycles. The van der Waals surface area contributed by atoms with Gasteiger partial charge in [0.05, 0.1) is 6.54 Å². The van der Waals surface area contributed by atoms with E-state index in [0.29, 0.717) is 17.9 Å². The number of nitrogens with zero attached hydrogens (tertiary/aromatic N) is 2. The first-order valence-corrected chi connectivity index (χ1v) is 4.24. The second-order valence-corrected chi connectivity index (χ2v) is 2.88. The fourth-order valence-corrected chi connectivity index (χ4v) is 1.05. The van der Waals surface area contributed by atoms with E-state index in [9.17, 15) is 4.79 Å². The molecule has 0 aromatic carbocycles. The summed E-state index contributed by atoms with van der Waals surface area (Å²) < 4.78 is 4.62. The third-order valence-electron chi connectivity index (χ3n) is 1.76. The highest BCUT2D eigenvalue weighted by Crippen LogP contribution is 2.00. The van der Waals surface area contributed by atoms with Crippen molar-refractivity contribution in [2.24, 2.45) is 0 Å². The normalized spacial score (nSPS) is 10.1. The van der Waals surface area contributed by atoms with Crippen molar-refractivity contribution in [2.75, 3.05) is 5.73 Å². The van der Waals surface area contributed by atoms with E-state index in [-0.39, 0.29) is 11.7 Å². The fraction of sp³-hybridized carbons (Fsp3) is 0.125. The molecule has 7 nitrogen and oxygen atoms in total. The summed E-state index contributed by atoms with van der Waals surface area (Å²) in [6, 6.07) is 3.12. The summed E-state index contributed by atoms with van der Waals surface area (Å²) in [5.41, 5.74) is 6.32. The molecule has 7 heteroatoms. The van der Waals surface area contributed by atoms with Crippen LogP contribution in [0.25, 0.3) is 0 Å². The second-order valence-electron chi connectivity index (χ2n) is 2.88. The van der Waals surface area contributed by atoms with Crippen LogP contribution in [-0.4, -0.2) is 21.3 Å². The molecule has 0 fully saturated rings. The average Bonchev–Trinajstić information content (AvgIpc) is 2.84. The van der Waals surface area contributed by atoms with Crippen LogP contribution in [0.5, 0.6) is 0 Å². The zero-order chi connectivity index (χ0) is 10.7. The average molecular weight is 207 g/mol. The van der Waals surface area contributed by atoms with Gasteiger partial charge in [-0.2, -0.15) is 5.10 Å². The predicted octanol–water partition coefficient (Wildman–Crippen LogP) is -0.0901. The Balaban J connectivity index is 1.93. The lowest BCUT2D eigenvalue weighted by molar-refractivity contribution is 0.0945. The van der Waals surface area contributed by atoms with Crippen LogP contribution in [0.2, 0.25) is 0 Å². The van der Waals surface area contributed by atoms with Gasteiger partial charge in [-0.25, -0.2) is 0 Å². The fourth-order valence-electron chi connectivity index (χ4n) is 1.05. The second kappa shape index (κ2) is 3.82. The van der Waals surface area contributed by atoms with Gasteiger partial charge >= 0.3 is 0 Å². The molecule has 0 unspecified atom stereocenters. The molecule has 0 atom stereocenters. The number of nitrogen functional groups attached to an aromatic ring is 1. The van der Waals surface area contributed by atoms with E-state index in [0.717, 1.165) is 0 Å². The Morgan fingerprint density at radius 3 is 3.13 bits per heavy atom. The number of H-pyrrole nitrogens is 1. The molecule has 1 amide bonds. The van der Waals surface area contributed by atoms with Crippen LogP contribution >= 0.6 is 0 Å². The number of nitrogens with two attached hydrogens (primary N) is 1. The van der Waals surface area contributed by atoms with Crippen molar-refractivity contribution in [3.63, 3.8) is 0 Å². The highest BCUT2D eigenvalue weighted by molar-refractivity contribution is 5.92. The minimum Gasteiger partial charge on any atom is -0.382 e. The Morgan fingerprint density at radius 2 is 2.53 bits per heavy atom. The summed E-state index contributed by atoms with van der Waals surface area (Å²) >= 11 is 0. The molecule has 0 radical (unpaired) electrons. The van der Waals surface area contributed by atoms with Crippen molar-refractivity contribution >= 4 is 11.7 Å². The minimum atomic E-state index is -0.290. The Kier molecular flexibility index (Phi) is 2.36. The van der Waals surface area contributed by atoms with E-state index in [1.807, 2.05) is 0 Å². The third-order valence-corrected chi connectivity index (χ3v) is 1.76. The number of carbonyl (C=O) groups is 1. The Labute approximate surface area is 84.6 Å². The number of rotatable bonds is 3. The summed E-state index contributed by atoms with van der Waals surface area (Å²) in [4.78, 5) is 11.5. The van der Waals surface area contributed by atoms with E-state index < -0.39 is 0 Å². The SMILES string of the molecule is Nc1cc(C(=O)NCc2ccon2)[nH]n1. The molecule has 4 N–H and O–H groups in total. The van der Waals surface area contributed by atoms with Crippen LogP contribution in [0.3, 0.4) is 0 Å². The van der Waals surface area contributed by atoms with Gasteiger partial charge in [-0.15, -0.1) is 0 Å². The molecule has 0 aliphatic heterocycles. The van der Waals surface area contributed by atoms with Crippen molar-refractivity contribution in [1.82, 2.24) is 20.7 Å². The number of anilines is 1. The number of aromatic nitrogens is 3. The molecule has 0 saturated carbocycles. The van der Waals surface area contributed by atoms with Gasteiger partial charge in [0.2, 0.25) is 0 Å². The highest BCUT2D eigenvalue weighted by atomic mass is 16.5. The largest absolute Gasteiger partial charge is 0.382 e. The number of hydrogen-bond acceptors (Lipinski definition) is 5. The molecule has 2 heterocycles. The number of aromatic amines is 1. The maximum absolute atomic E-state index is 11.5. The maximum Gasteiger partial charge on any atom is 0.269 e. The van der Waals surface area contributed by atoms with Crippen molar-refractivity contribution < 1.29 is 9.32 Å². The van der Waals surface area contributed by atoms with Gasteiger partial charge in [0, 0.05) is 12.1 Å². The lowest BCUT2D eigenvalue weighted by Gasteiger charge is -1.98. The van der Waals surface area contributed by atoms with Crippen molar-refractivity contribution in [2.45, 2.75) is 6.54 Å². The summed E-state index contributed by atoms with van der Waals surface area (Å²) in [6.07, 6.45) is 1.44. The standard InChI is InChI=1S/C8H9N5O2/c9-7-3-6(11-12-7)8(14)10-4-5-1-2-15-13-5/h1-3H,4H2,(H,10,14)(H3,9,11,12). The monoisotopic (exact) mass is 207 g/mol. The van der Waals surface area contributed by atoms with Crippen LogP contribution in [-0.2, 0) is 6.54 Å². The van der Waals surface area contributed by atoms with Gasteiger partial charge in [0.25, 0.3) is 5.91 Å². The maximum atomic E-state index is 11.5. The van der Waals surface area contributed by atoms with Crippen LogP contribution < -0.4 is 11.1 Å². The summed E-state index contributed by atoms with van der Waals surface area (Å²) in [7, 11) is 0. The van der Waals surface area contributed by atoms with E-state index in [1.54, 1.807) is 6.07 Å². The van der Waals surface area contributed by atoms with Crippen LogP contribution in [0.15, 0.2) is 22.9 Å². The molecule has 15 heavy (non-hydrogen) atoms. The highest BCUT2D eigenvalue weighted by Gasteiger charge is 2.08. The van der Waals surface area contributed by atoms with Crippen LogP contribution in [0.1, 0.15) is 16.2 Å². The van der Waals surface area contributed by atoms with Gasteiger partial charge in [-0.3, -0.25) is 9.89 Å². The number of carbonyl (C=O) groups excluding carboxylic acids is 1. The molecule has 0 saturated heterocycles. The van der Waals surface area contributed by atoms with Crippen LogP contribution in [0, 0.1) is 0 Å². The van der Waals surface area contributed by atoms with E-state index in [1.165, 1.54) is 12.3 Å². The van der Waals surface area contributed by atoms with Gasteiger partial charge in [0.15, 0.2) is 0 Å². The first-order chi connectivity index (χ1) is 7.25. The first kappa shape index (κ1) is 9.25. The number of nitrogens with one attached hydrogen (secondary N) is 2. The molecule has 0 bridgehead atoms. The van der Waals surface area contributed by atoms with E-state index >= 15 is 0 Å². The van der Waals surface area contributed by atoms with Gasteiger partial charge < -0.3 is 15.6 Å². The Morgan fingerprint density at radius 1 is 1.67 bits per heavy atom. The lowest BCUT2D eigenvalue weighted by atomic mass is 10.3. The molecule has 2 aromatic heterocycles. The first-order valence-electron chi connectivity index (χ1n) is 4.24. The van der Waals surface area contributed by atoms with Gasteiger partial charge in [-0.05, 0) is 0 Å². The lowest BCUT2D eigenvalue weighted by Crippen LogP contribution is -2.23.